The Morgan fingerprint density at radius 1 is 1.25 bits per heavy atom. The van der Waals surface area contributed by atoms with Crippen LogP contribution in [0, 0.1) is 11.8 Å². The Morgan fingerprint density at radius 3 is 2.62 bits per heavy atom. The van der Waals surface area contributed by atoms with Crippen LogP contribution in [0.2, 0.25) is 0 Å². The number of hydrogen-bond donors (Lipinski definition) is 2. The topological polar surface area (TPSA) is 49.5 Å². The first-order valence-electron chi connectivity index (χ1n) is 6.83. The number of nitrogens with two attached hydrogens (primary N) is 1. The third kappa shape index (κ3) is 2.96. The highest BCUT2D eigenvalue weighted by molar-refractivity contribution is 4.93. The van der Waals surface area contributed by atoms with Gasteiger partial charge in [0, 0.05) is 12.1 Å². The molecule has 2 aliphatic rings. The van der Waals surface area contributed by atoms with E-state index in [1.165, 1.54) is 32.1 Å². The van der Waals surface area contributed by atoms with Gasteiger partial charge in [-0.05, 0) is 57.0 Å². The van der Waals surface area contributed by atoms with E-state index in [0.29, 0.717) is 5.92 Å². The second-order valence-electron chi connectivity index (χ2n) is 5.74. The van der Waals surface area contributed by atoms with Crippen molar-refractivity contribution in [3.63, 3.8) is 0 Å². The molecule has 1 saturated carbocycles. The van der Waals surface area contributed by atoms with Gasteiger partial charge in [-0.15, -0.1) is 0 Å². The van der Waals surface area contributed by atoms with Crippen LogP contribution in [0.15, 0.2) is 0 Å². The molecule has 0 aromatic heterocycles. The van der Waals surface area contributed by atoms with E-state index in [9.17, 15) is 5.11 Å². The summed E-state index contributed by atoms with van der Waals surface area (Å²) in [6, 6.07) is 0.399. The molecule has 3 heteroatoms. The summed E-state index contributed by atoms with van der Waals surface area (Å²) in [5, 5.41) is 9.56. The summed E-state index contributed by atoms with van der Waals surface area (Å²) in [5.41, 5.74) is 6.25. The van der Waals surface area contributed by atoms with Crippen LogP contribution in [-0.4, -0.2) is 41.8 Å². The van der Waals surface area contributed by atoms with Crippen molar-refractivity contribution in [2.75, 3.05) is 19.7 Å². The molecular weight excluding hydrogens is 200 g/mol. The van der Waals surface area contributed by atoms with Crippen molar-refractivity contribution in [1.29, 1.82) is 0 Å². The first kappa shape index (κ1) is 12.3. The van der Waals surface area contributed by atoms with Gasteiger partial charge in [0.05, 0.1) is 6.61 Å². The molecule has 94 valence electrons. The lowest BCUT2D eigenvalue weighted by Crippen LogP contribution is -2.51. The SMILES string of the molecule is CC1CCCN(C(CO)C(N)C2CC2)CC1. The zero-order valence-electron chi connectivity index (χ0n) is 10.4. The lowest BCUT2D eigenvalue weighted by atomic mass is 10.0. The maximum absolute atomic E-state index is 9.56. The van der Waals surface area contributed by atoms with Gasteiger partial charge in [-0.25, -0.2) is 0 Å². The molecule has 1 heterocycles. The summed E-state index contributed by atoms with van der Waals surface area (Å²) >= 11 is 0. The van der Waals surface area contributed by atoms with Gasteiger partial charge in [0.1, 0.15) is 0 Å². The second kappa shape index (κ2) is 5.48. The van der Waals surface area contributed by atoms with Gasteiger partial charge in [0.2, 0.25) is 0 Å². The molecule has 1 aliphatic heterocycles. The average molecular weight is 226 g/mol. The Balaban J connectivity index is 1.91. The van der Waals surface area contributed by atoms with E-state index in [1.807, 2.05) is 0 Å². The van der Waals surface area contributed by atoms with Gasteiger partial charge in [-0.3, -0.25) is 4.90 Å². The molecule has 0 amide bonds. The fraction of sp³-hybridized carbons (Fsp3) is 1.00. The average Bonchev–Trinajstić information content (AvgIpc) is 3.07. The number of rotatable bonds is 4. The molecule has 3 nitrogen and oxygen atoms in total. The Bertz CT molecular complexity index is 218. The Hall–Kier alpha value is -0.120. The molecule has 2 fully saturated rings. The standard InChI is InChI=1S/C13H26N2O/c1-10-3-2-7-15(8-6-10)12(9-16)13(14)11-4-5-11/h10-13,16H,2-9,14H2,1H3. The van der Waals surface area contributed by atoms with Crippen LogP contribution in [0.25, 0.3) is 0 Å². The molecule has 0 bridgehead atoms. The molecule has 0 radical (unpaired) electrons. The zero-order valence-corrected chi connectivity index (χ0v) is 10.4. The highest BCUT2D eigenvalue weighted by atomic mass is 16.3. The minimum Gasteiger partial charge on any atom is -0.395 e. The van der Waals surface area contributed by atoms with Crippen molar-refractivity contribution >= 4 is 0 Å². The van der Waals surface area contributed by atoms with Crippen LogP contribution >= 0.6 is 0 Å². The van der Waals surface area contributed by atoms with Crippen LogP contribution in [-0.2, 0) is 0 Å². The molecule has 3 N–H and O–H groups in total. The quantitative estimate of drug-likeness (QED) is 0.757. The van der Waals surface area contributed by atoms with Crippen molar-refractivity contribution in [2.45, 2.75) is 51.1 Å². The van der Waals surface area contributed by atoms with Crippen LogP contribution in [0.4, 0.5) is 0 Å². The van der Waals surface area contributed by atoms with Gasteiger partial charge in [0.15, 0.2) is 0 Å². The van der Waals surface area contributed by atoms with E-state index in [-0.39, 0.29) is 18.7 Å². The van der Waals surface area contributed by atoms with Crippen molar-refractivity contribution < 1.29 is 5.11 Å². The summed E-state index contributed by atoms with van der Waals surface area (Å²) < 4.78 is 0. The minimum absolute atomic E-state index is 0.193. The summed E-state index contributed by atoms with van der Waals surface area (Å²) in [4.78, 5) is 2.44. The molecule has 0 aromatic carbocycles. The molecule has 3 atom stereocenters. The smallest absolute Gasteiger partial charge is 0.0602 e. The van der Waals surface area contributed by atoms with Crippen molar-refractivity contribution in [1.82, 2.24) is 4.90 Å². The van der Waals surface area contributed by atoms with Crippen LogP contribution in [0.3, 0.4) is 0 Å². The van der Waals surface area contributed by atoms with E-state index >= 15 is 0 Å². The number of likely N-dealkylation sites (tertiary alicyclic amines) is 1. The lowest BCUT2D eigenvalue weighted by Gasteiger charge is -2.33. The highest BCUT2D eigenvalue weighted by Gasteiger charge is 2.36. The first-order valence-corrected chi connectivity index (χ1v) is 6.83. The van der Waals surface area contributed by atoms with E-state index < -0.39 is 0 Å². The fourth-order valence-corrected chi connectivity index (χ4v) is 2.89. The van der Waals surface area contributed by atoms with E-state index in [4.69, 9.17) is 5.73 Å². The van der Waals surface area contributed by atoms with Gasteiger partial charge < -0.3 is 10.8 Å². The predicted octanol–water partition coefficient (Wildman–Crippen LogP) is 1.21. The molecule has 1 aliphatic carbocycles. The third-order valence-electron chi connectivity index (χ3n) is 4.32. The van der Waals surface area contributed by atoms with E-state index in [2.05, 4.69) is 11.8 Å². The monoisotopic (exact) mass is 226 g/mol. The summed E-state index contributed by atoms with van der Waals surface area (Å²) in [7, 11) is 0. The number of aliphatic hydroxyl groups is 1. The Morgan fingerprint density at radius 2 is 2.00 bits per heavy atom. The number of hydrogen-bond acceptors (Lipinski definition) is 3. The molecule has 2 rings (SSSR count). The fourth-order valence-electron chi connectivity index (χ4n) is 2.89. The van der Waals surface area contributed by atoms with E-state index in [0.717, 1.165) is 19.0 Å². The zero-order chi connectivity index (χ0) is 11.5. The molecule has 3 unspecified atom stereocenters. The van der Waals surface area contributed by atoms with Gasteiger partial charge in [0.25, 0.3) is 0 Å². The Kier molecular flexibility index (Phi) is 4.22. The van der Waals surface area contributed by atoms with Crippen molar-refractivity contribution in [3.05, 3.63) is 0 Å². The summed E-state index contributed by atoms with van der Waals surface area (Å²) in [6.07, 6.45) is 6.38. The van der Waals surface area contributed by atoms with E-state index in [1.54, 1.807) is 0 Å². The van der Waals surface area contributed by atoms with Gasteiger partial charge in [-0.1, -0.05) is 6.92 Å². The highest BCUT2D eigenvalue weighted by Crippen LogP contribution is 2.34. The van der Waals surface area contributed by atoms with Crippen molar-refractivity contribution in [3.8, 4) is 0 Å². The summed E-state index contributed by atoms with van der Waals surface area (Å²) in [6.45, 7) is 4.80. The third-order valence-corrected chi connectivity index (χ3v) is 4.32. The Labute approximate surface area is 99.0 Å². The van der Waals surface area contributed by atoms with Crippen LogP contribution in [0.5, 0.6) is 0 Å². The van der Waals surface area contributed by atoms with Crippen LogP contribution < -0.4 is 5.73 Å². The van der Waals surface area contributed by atoms with Gasteiger partial charge >= 0.3 is 0 Å². The largest absolute Gasteiger partial charge is 0.395 e. The molecule has 0 aromatic rings. The maximum atomic E-state index is 9.56. The number of nitrogens with zero attached hydrogens (tertiary/aromatic N) is 1. The predicted molar refractivity (Wildman–Crippen MR) is 66.2 cm³/mol. The molecular formula is C13H26N2O. The van der Waals surface area contributed by atoms with Crippen molar-refractivity contribution in [2.24, 2.45) is 17.6 Å². The lowest BCUT2D eigenvalue weighted by molar-refractivity contribution is 0.100. The maximum Gasteiger partial charge on any atom is 0.0602 e. The molecule has 0 spiro atoms. The first-order chi connectivity index (χ1) is 7.72. The summed E-state index contributed by atoms with van der Waals surface area (Å²) in [5.74, 6) is 1.51. The normalized spacial score (nSPS) is 32.1. The molecule has 1 saturated heterocycles. The van der Waals surface area contributed by atoms with Gasteiger partial charge in [-0.2, -0.15) is 0 Å². The minimum atomic E-state index is 0.193. The molecule has 16 heavy (non-hydrogen) atoms. The van der Waals surface area contributed by atoms with Crippen LogP contribution in [0.1, 0.15) is 39.0 Å². The second-order valence-corrected chi connectivity index (χ2v) is 5.74. The number of aliphatic hydroxyl groups excluding tert-OH is 1.